The average Bonchev–Trinajstić information content (AvgIpc) is 2.24. The minimum absolute atomic E-state index is 0.0403. The van der Waals surface area contributed by atoms with E-state index in [1.54, 1.807) is 19.1 Å². The number of aryl methyl sites for hydroxylation is 3. The van der Waals surface area contributed by atoms with Crippen molar-refractivity contribution in [1.82, 2.24) is 10.4 Å². The Bertz CT molecular complexity index is 428. The van der Waals surface area contributed by atoms with Gasteiger partial charge >= 0.3 is 0 Å². The molecule has 0 aliphatic heterocycles. The highest BCUT2D eigenvalue weighted by Crippen LogP contribution is 2.22. The quantitative estimate of drug-likeness (QED) is 0.812. The topological polar surface area (TPSA) is 41.6 Å². The third-order valence-electron chi connectivity index (χ3n) is 2.73. The summed E-state index contributed by atoms with van der Waals surface area (Å²) in [6, 6.07) is 4.12. The van der Waals surface area contributed by atoms with Gasteiger partial charge < -0.3 is 4.74 Å². The van der Waals surface area contributed by atoms with E-state index < -0.39 is 0 Å². The van der Waals surface area contributed by atoms with Crippen LogP contribution in [0.25, 0.3) is 0 Å². The molecule has 18 heavy (non-hydrogen) atoms. The lowest BCUT2D eigenvalue weighted by Crippen LogP contribution is -2.36. The Hall–Kier alpha value is -1.55. The smallest absolute Gasteiger partial charge is 0.237 e. The highest BCUT2D eigenvalue weighted by Gasteiger charge is 2.05. The first kappa shape index (κ1) is 14.5. The Balaban J connectivity index is 2.49. The fourth-order valence-corrected chi connectivity index (χ4v) is 1.65. The van der Waals surface area contributed by atoms with Crippen LogP contribution in [0.3, 0.4) is 0 Å². The van der Waals surface area contributed by atoms with Crippen LogP contribution in [0.15, 0.2) is 12.1 Å². The fourth-order valence-electron chi connectivity index (χ4n) is 1.65. The molecule has 0 fully saturated rings. The third kappa shape index (κ3) is 4.37. The predicted molar refractivity (Wildman–Crippen MR) is 72.6 cm³/mol. The second-order valence-electron chi connectivity index (χ2n) is 4.73. The number of nitrogens with one attached hydrogen (secondary N) is 1. The first-order valence-corrected chi connectivity index (χ1v) is 6.07. The molecule has 0 atom stereocenters. The van der Waals surface area contributed by atoms with Crippen molar-refractivity contribution in [3.63, 3.8) is 0 Å². The van der Waals surface area contributed by atoms with Crippen molar-refractivity contribution in [2.45, 2.75) is 27.2 Å². The van der Waals surface area contributed by atoms with Crippen LogP contribution in [-0.4, -0.2) is 31.6 Å². The molecule has 0 aliphatic carbocycles. The summed E-state index contributed by atoms with van der Waals surface area (Å²) in [5.74, 6) is 0.817. The molecule has 0 aliphatic rings. The van der Waals surface area contributed by atoms with Crippen LogP contribution in [-0.2, 0) is 4.79 Å². The number of rotatable bonds is 5. The molecule has 1 aromatic rings. The Morgan fingerprint density at radius 3 is 2.39 bits per heavy atom. The van der Waals surface area contributed by atoms with E-state index in [0.29, 0.717) is 13.0 Å². The first-order valence-electron chi connectivity index (χ1n) is 6.07. The molecule has 0 aromatic heterocycles. The number of ether oxygens (including phenoxy) is 1. The maximum absolute atomic E-state index is 11.4. The number of hydrogen-bond acceptors (Lipinski definition) is 3. The lowest BCUT2D eigenvalue weighted by atomic mass is 10.1. The summed E-state index contributed by atoms with van der Waals surface area (Å²) in [5, 5.41) is 1.63. The highest BCUT2D eigenvalue weighted by atomic mass is 16.5. The zero-order chi connectivity index (χ0) is 13.7. The van der Waals surface area contributed by atoms with Gasteiger partial charge in [-0.1, -0.05) is 6.07 Å². The molecule has 1 rings (SSSR count). The van der Waals surface area contributed by atoms with Crippen molar-refractivity contribution in [3.05, 3.63) is 28.8 Å². The van der Waals surface area contributed by atoms with Crippen LogP contribution in [0.5, 0.6) is 5.75 Å². The van der Waals surface area contributed by atoms with E-state index in [1.807, 2.05) is 13.0 Å². The van der Waals surface area contributed by atoms with Gasteiger partial charge in [0, 0.05) is 14.1 Å². The first-order chi connectivity index (χ1) is 8.40. The minimum atomic E-state index is -0.0403. The maximum Gasteiger partial charge on any atom is 0.237 e. The fraction of sp³-hybridized carbons (Fsp3) is 0.500. The SMILES string of the molecule is Cc1cc(C)c(OCCC(=O)NN(C)C)cc1C. The van der Waals surface area contributed by atoms with Crippen molar-refractivity contribution in [2.75, 3.05) is 20.7 Å². The van der Waals surface area contributed by atoms with Gasteiger partial charge in [0.05, 0.1) is 13.0 Å². The molecular weight excluding hydrogens is 228 g/mol. The Morgan fingerprint density at radius 1 is 1.17 bits per heavy atom. The second kappa shape index (κ2) is 6.40. The van der Waals surface area contributed by atoms with Crippen LogP contribution in [0.2, 0.25) is 0 Å². The maximum atomic E-state index is 11.4. The van der Waals surface area contributed by atoms with Gasteiger partial charge in [0.15, 0.2) is 0 Å². The summed E-state index contributed by atoms with van der Waals surface area (Å²) in [6.07, 6.45) is 0.352. The summed E-state index contributed by atoms with van der Waals surface area (Å²) in [5.41, 5.74) is 6.24. The molecule has 0 saturated carbocycles. The zero-order valence-electron chi connectivity index (χ0n) is 11.8. The number of nitrogens with zero attached hydrogens (tertiary/aromatic N) is 1. The monoisotopic (exact) mass is 250 g/mol. The number of carbonyl (C=O) groups is 1. The summed E-state index contributed by atoms with van der Waals surface area (Å²) < 4.78 is 5.65. The van der Waals surface area contributed by atoms with Gasteiger partial charge in [-0.2, -0.15) is 0 Å². The van der Waals surface area contributed by atoms with Crippen LogP contribution in [0, 0.1) is 20.8 Å². The van der Waals surface area contributed by atoms with Gasteiger partial charge in [-0.25, -0.2) is 5.01 Å². The van der Waals surface area contributed by atoms with E-state index in [9.17, 15) is 4.79 Å². The van der Waals surface area contributed by atoms with Crippen molar-refractivity contribution in [3.8, 4) is 5.75 Å². The predicted octanol–water partition coefficient (Wildman–Crippen LogP) is 1.97. The van der Waals surface area contributed by atoms with Gasteiger partial charge in [-0.3, -0.25) is 10.2 Å². The Labute approximate surface area is 109 Å². The van der Waals surface area contributed by atoms with Gasteiger partial charge in [0.25, 0.3) is 0 Å². The molecule has 0 bridgehead atoms. The molecule has 0 radical (unpaired) electrons. The molecule has 1 N–H and O–H groups in total. The van der Waals surface area contributed by atoms with Crippen LogP contribution in [0.4, 0.5) is 0 Å². The Kier molecular flexibility index (Phi) is 5.16. The summed E-state index contributed by atoms with van der Waals surface area (Å²) in [4.78, 5) is 11.4. The number of carbonyl (C=O) groups excluding carboxylic acids is 1. The van der Waals surface area contributed by atoms with E-state index in [1.165, 1.54) is 11.1 Å². The molecule has 4 nitrogen and oxygen atoms in total. The van der Waals surface area contributed by atoms with Crippen molar-refractivity contribution >= 4 is 5.91 Å². The average molecular weight is 250 g/mol. The normalized spacial score (nSPS) is 10.6. The summed E-state index contributed by atoms with van der Waals surface area (Å²) >= 11 is 0. The van der Waals surface area contributed by atoms with E-state index in [4.69, 9.17) is 4.74 Å². The molecule has 4 heteroatoms. The van der Waals surface area contributed by atoms with Crippen LogP contribution >= 0.6 is 0 Å². The number of benzene rings is 1. The van der Waals surface area contributed by atoms with Gasteiger partial charge in [-0.15, -0.1) is 0 Å². The van der Waals surface area contributed by atoms with Crippen molar-refractivity contribution < 1.29 is 9.53 Å². The molecule has 0 heterocycles. The number of hydrogen-bond donors (Lipinski definition) is 1. The standard InChI is InChI=1S/C14H22N2O2/c1-10-8-12(3)13(9-11(10)2)18-7-6-14(17)15-16(4)5/h8-9H,6-7H2,1-5H3,(H,15,17). The lowest BCUT2D eigenvalue weighted by molar-refractivity contribution is -0.125. The molecule has 0 saturated heterocycles. The van der Waals surface area contributed by atoms with E-state index >= 15 is 0 Å². The van der Waals surface area contributed by atoms with Gasteiger partial charge in [-0.05, 0) is 43.5 Å². The van der Waals surface area contributed by atoms with Crippen molar-refractivity contribution in [2.24, 2.45) is 0 Å². The molecular formula is C14H22N2O2. The summed E-state index contributed by atoms with van der Waals surface area (Å²) in [6.45, 7) is 6.54. The minimum Gasteiger partial charge on any atom is -0.493 e. The number of hydrazine groups is 1. The van der Waals surface area contributed by atoms with Crippen molar-refractivity contribution in [1.29, 1.82) is 0 Å². The van der Waals surface area contributed by atoms with E-state index in [2.05, 4.69) is 25.3 Å². The molecule has 0 unspecified atom stereocenters. The molecule has 1 aromatic carbocycles. The van der Waals surface area contributed by atoms with E-state index in [0.717, 1.165) is 11.3 Å². The third-order valence-corrected chi connectivity index (χ3v) is 2.73. The second-order valence-corrected chi connectivity index (χ2v) is 4.73. The lowest BCUT2D eigenvalue weighted by Gasteiger charge is -2.13. The Morgan fingerprint density at radius 2 is 1.78 bits per heavy atom. The molecule has 0 spiro atoms. The van der Waals surface area contributed by atoms with Gasteiger partial charge in [0.2, 0.25) is 5.91 Å². The highest BCUT2D eigenvalue weighted by molar-refractivity contribution is 5.75. The molecule has 1 amide bonds. The number of amides is 1. The van der Waals surface area contributed by atoms with E-state index in [-0.39, 0.29) is 5.91 Å². The molecule has 100 valence electrons. The van der Waals surface area contributed by atoms with Gasteiger partial charge in [0.1, 0.15) is 5.75 Å². The zero-order valence-corrected chi connectivity index (χ0v) is 11.8. The van der Waals surface area contributed by atoms with Crippen LogP contribution < -0.4 is 10.2 Å². The summed E-state index contributed by atoms with van der Waals surface area (Å²) in [7, 11) is 3.57. The largest absolute Gasteiger partial charge is 0.493 e. The van der Waals surface area contributed by atoms with Crippen LogP contribution in [0.1, 0.15) is 23.1 Å².